The molecule has 50 valence electrons. The van der Waals surface area contributed by atoms with Crippen molar-refractivity contribution >= 4 is 18.7 Å². The summed E-state index contributed by atoms with van der Waals surface area (Å²) in [7, 11) is -2.88. The van der Waals surface area contributed by atoms with Crippen LogP contribution in [0.15, 0.2) is 11.5 Å². The zero-order chi connectivity index (χ0) is 7.28. The molecule has 0 heterocycles. The van der Waals surface area contributed by atoms with Gasteiger partial charge in [0.15, 0.2) is 0 Å². The molecule has 0 aliphatic rings. The third kappa shape index (κ3) is 3.94. The van der Waals surface area contributed by atoms with Gasteiger partial charge in [-0.05, 0) is 21.1 Å². The lowest BCUT2D eigenvalue weighted by Crippen LogP contribution is -1.76. The Morgan fingerprint density at radius 1 is 1.56 bits per heavy atom. The number of hydrogen-bond donors (Lipinski definition) is 0. The van der Waals surface area contributed by atoms with E-state index in [0.29, 0.717) is 0 Å². The number of rotatable bonds is 1. The van der Waals surface area contributed by atoms with Crippen LogP contribution in [0.4, 0.5) is 0 Å². The molecule has 0 N–H and O–H groups in total. The predicted molar refractivity (Wildman–Crippen MR) is 37.0 cm³/mol. The minimum Gasteiger partial charge on any atom is -0.193 e. The molecule has 0 bridgehead atoms. The molecule has 0 saturated heterocycles. The van der Waals surface area contributed by atoms with E-state index in [2.05, 4.69) is 0 Å². The summed E-state index contributed by atoms with van der Waals surface area (Å²) in [6.45, 7) is 0. The third-order valence-electron chi connectivity index (χ3n) is 0.549. The highest BCUT2D eigenvalue weighted by Gasteiger charge is 1.77. The van der Waals surface area contributed by atoms with Crippen LogP contribution in [0, 0.1) is 11.3 Å². The first-order chi connectivity index (χ1) is 4.18. The lowest BCUT2D eigenvalue weighted by Gasteiger charge is -1.75. The second kappa shape index (κ2) is 4.30. The minimum absolute atomic E-state index is 0.808. The maximum Gasteiger partial charge on any atom is 0.244 e. The summed E-state index contributed by atoms with van der Waals surface area (Å²) >= 11 is 0. The number of hydrogen-bond acceptors (Lipinski definition) is 3. The number of allylic oxidation sites excluding steroid dienone is 1. The van der Waals surface area contributed by atoms with E-state index >= 15 is 0 Å². The molecule has 0 saturated carbocycles. The fraction of sp³-hybridized carbons (Fsp3) is 0.250. The summed E-state index contributed by atoms with van der Waals surface area (Å²) in [5, 5.41) is 9.31. The molecule has 0 spiro atoms. The van der Waals surface area contributed by atoms with Crippen molar-refractivity contribution in [2.45, 2.75) is 0 Å². The Bertz CT molecular complexity index is 272. The van der Waals surface area contributed by atoms with Crippen molar-refractivity contribution in [3.8, 4) is 6.07 Å². The third-order valence-corrected chi connectivity index (χ3v) is 3.12. The standard InChI is InChI=1S/C4H5NO2S2/c1-8(9(6)7)4-2-3-5/h2,4H,1H3. The van der Waals surface area contributed by atoms with Crippen LogP contribution >= 0.6 is 0 Å². The van der Waals surface area contributed by atoms with Gasteiger partial charge in [-0.3, -0.25) is 0 Å². The van der Waals surface area contributed by atoms with Gasteiger partial charge in [-0.25, -0.2) is 0 Å². The molecule has 0 radical (unpaired) electrons. The van der Waals surface area contributed by atoms with Gasteiger partial charge in [0.05, 0.1) is 6.07 Å². The summed E-state index contributed by atoms with van der Waals surface area (Å²) < 4.78 is 20.1. The molecule has 0 aromatic rings. The molecule has 0 aromatic heterocycles. The number of nitriles is 1. The van der Waals surface area contributed by atoms with Crippen molar-refractivity contribution in [2.75, 3.05) is 6.26 Å². The molecule has 0 aliphatic carbocycles. The van der Waals surface area contributed by atoms with E-state index in [1.54, 1.807) is 6.07 Å². The van der Waals surface area contributed by atoms with E-state index in [4.69, 9.17) is 5.26 Å². The molecule has 0 aromatic carbocycles. The van der Waals surface area contributed by atoms with Crippen LogP contribution in [0.5, 0.6) is 0 Å². The van der Waals surface area contributed by atoms with Gasteiger partial charge in [0.1, 0.15) is 0 Å². The van der Waals surface area contributed by atoms with E-state index < -0.39 is 18.7 Å². The first-order valence-electron chi connectivity index (χ1n) is 1.99. The molecule has 0 rings (SSSR count). The van der Waals surface area contributed by atoms with E-state index in [1.807, 2.05) is 0 Å². The van der Waals surface area contributed by atoms with E-state index in [9.17, 15) is 8.42 Å². The second-order valence-corrected chi connectivity index (χ2v) is 5.21. The Kier molecular flexibility index (Phi) is 4.01. The smallest absolute Gasteiger partial charge is 0.193 e. The van der Waals surface area contributed by atoms with Crippen molar-refractivity contribution in [3.63, 3.8) is 0 Å². The molecule has 3 nitrogen and oxygen atoms in total. The summed E-state index contributed by atoms with van der Waals surface area (Å²) in [6, 6.07) is 1.71. The monoisotopic (exact) mass is 163 g/mol. The molecule has 5 heteroatoms. The Labute approximate surface area is 56.7 Å². The highest BCUT2D eigenvalue weighted by atomic mass is 32.9. The van der Waals surface area contributed by atoms with E-state index in [1.165, 1.54) is 17.7 Å². The lowest BCUT2D eigenvalue weighted by atomic mass is 10.7. The largest absolute Gasteiger partial charge is 0.244 e. The summed E-state index contributed by atoms with van der Waals surface area (Å²) in [6.07, 6.45) is 2.69. The highest BCUT2D eigenvalue weighted by molar-refractivity contribution is 8.35. The van der Waals surface area contributed by atoms with Crippen LogP contribution in [-0.4, -0.2) is 14.7 Å². The topological polar surface area (TPSA) is 57.9 Å². The van der Waals surface area contributed by atoms with E-state index in [-0.39, 0.29) is 0 Å². The van der Waals surface area contributed by atoms with Crippen LogP contribution in [0.1, 0.15) is 0 Å². The van der Waals surface area contributed by atoms with Gasteiger partial charge < -0.3 is 0 Å². The van der Waals surface area contributed by atoms with Crippen LogP contribution in [0.25, 0.3) is 0 Å². The molecule has 0 fully saturated rings. The van der Waals surface area contributed by atoms with Gasteiger partial charge >= 0.3 is 0 Å². The summed E-state index contributed by atoms with van der Waals surface area (Å²) in [4.78, 5) is 0. The van der Waals surface area contributed by atoms with Gasteiger partial charge in [0, 0.05) is 6.08 Å². The Morgan fingerprint density at radius 3 is 2.44 bits per heavy atom. The first-order valence-corrected chi connectivity index (χ1v) is 5.28. The van der Waals surface area contributed by atoms with Crippen molar-refractivity contribution in [1.82, 2.24) is 0 Å². The molecule has 1 unspecified atom stereocenters. The van der Waals surface area contributed by atoms with Crippen LogP contribution in [-0.2, 0) is 18.7 Å². The van der Waals surface area contributed by atoms with Crippen molar-refractivity contribution < 1.29 is 8.42 Å². The number of nitrogens with zero attached hydrogens (tertiary/aromatic N) is 1. The first kappa shape index (κ1) is 8.40. The quantitative estimate of drug-likeness (QED) is 0.514. The zero-order valence-corrected chi connectivity index (χ0v) is 6.37. The van der Waals surface area contributed by atoms with Gasteiger partial charge in [-0.1, -0.05) is 0 Å². The fourth-order valence-electron chi connectivity index (χ4n) is 0.172. The van der Waals surface area contributed by atoms with Crippen molar-refractivity contribution in [1.29, 1.82) is 5.26 Å². The van der Waals surface area contributed by atoms with Crippen LogP contribution < -0.4 is 0 Å². The van der Waals surface area contributed by atoms with Gasteiger partial charge in [0.25, 0.3) is 0 Å². The molecular formula is C4H5NO2S2. The SMILES string of the molecule is CS(C=CC#N)=S(=O)=O. The molecular weight excluding hydrogens is 158 g/mol. The summed E-state index contributed by atoms with van der Waals surface area (Å²) in [5.74, 6) is 0. The predicted octanol–water partition coefficient (Wildman–Crippen LogP) is 0.0659. The van der Waals surface area contributed by atoms with E-state index in [0.717, 1.165) is 0 Å². The zero-order valence-electron chi connectivity index (χ0n) is 4.73. The van der Waals surface area contributed by atoms with Gasteiger partial charge in [-0.2, -0.15) is 13.7 Å². The average Bonchev–Trinajstić information content (AvgIpc) is 1.82. The molecule has 9 heavy (non-hydrogen) atoms. The lowest BCUT2D eigenvalue weighted by molar-refractivity contribution is 0.628. The Morgan fingerprint density at radius 2 is 2.11 bits per heavy atom. The highest BCUT2D eigenvalue weighted by Crippen LogP contribution is 1.78. The fourth-order valence-corrected chi connectivity index (χ4v) is 0.954. The van der Waals surface area contributed by atoms with Gasteiger partial charge in [-0.15, -0.1) is 0 Å². The molecule has 0 amide bonds. The second-order valence-electron chi connectivity index (χ2n) is 1.13. The normalized spacial score (nSPS) is 12.9. The molecule has 1 atom stereocenters. The van der Waals surface area contributed by atoms with Crippen LogP contribution in [0.3, 0.4) is 0 Å². The maximum atomic E-state index is 10.1. The average molecular weight is 163 g/mol. The minimum atomic E-state index is -2.07. The van der Waals surface area contributed by atoms with Crippen LogP contribution in [0.2, 0.25) is 0 Å². The summed E-state index contributed by atoms with van der Waals surface area (Å²) in [5.41, 5.74) is 0. The Hall–Kier alpha value is -0.600. The van der Waals surface area contributed by atoms with Crippen molar-refractivity contribution in [2.24, 2.45) is 0 Å². The van der Waals surface area contributed by atoms with Crippen molar-refractivity contribution in [3.05, 3.63) is 11.5 Å². The maximum absolute atomic E-state index is 10.1. The molecule has 0 aliphatic heterocycles. The Balaban J connectivity index is 4.51. The van der Waals surface area contributed by atoms with Gasteiger partial charge in [0.2, 0.25) is 9.26 Å².